The number of nitrogens with one attached hydrogen (secondary N) is 1. The van der Waals surface area contributed by atoms with Gasteiger partial charge in [0.1, 0.15) is 5.82 Å². The number of sulfone groups is 1. The van der Waals surface area contributed by atoms with E-state index in [9.17, 15) is 26.4 Å². The summed E-state index contributed by atoms with van der Waals surface area (Å²) < 4.78 is 61.4. The highest BCUT2D eigenvalue weighted by atomic mass is 32.2. The Morgan fingerprint density at radius 3 is 2.23 bits per heavy atom. The molecule has 0 aliphatic heterocycles. The monoisotopic (exact) mass is 339 g/mol. The lowest BCUT2D eigenvalue weighted by molar-refractivity contribution is -0.141. The molecule has 0 aromatic carbocycles. The number of alkyl halides is 3. The summed E-state index contributed by atoms with van der Waals surface area (Å²) >= 11 is 0. The molecule has 0 unspecified atom stereocenters. The number of amides is 1. The Labute approximate surface area is 125 Å². The molecule has 1 heterocycles. The van der Waals surface area contributed by atoms with Crippen LogP contribution in [-0.2, 0) is 27.9 Å². The maximum Gasteiger partial charge on any atom is 0.435 e. The molecule has 1 amide bonds. The fraction of sp³-hybridized carbons (Fsp3) is 0.667. The number of anilines is 1. The van der Waals surface area contributed by atoms with Crippen molar-refractivity contribution in [2.45, 2.75) is 37.1 Å². The van der Waals surface area contributed by atoms with Crippen molar-refractivity contribution < 1.29 is 26.4 Å². The minimum absolute atomic E-state index is 0.146. The van der Waals surface area contributed by atoms with E-state index < -0.39 is 32.4 Å². The number of aromatic nitrogens is 2. The van der Waals surface area contributed by atoms with Gasteiger partial charge in [-0.15, -0.1) is 0 Å². The molecule has 1 aliphatic carbocycles. The Bertz CT molecular complexity index is 718. The predicted octanol–water partition coefficient (Wildman–Crippen LogP) is 1.65. The number of halogens is 3. The van der Waals surface area contributed by atoms with Gasteiger partial charge in [0, 0.05) is 18.9 Å². The van der Waals surface area contributed by atoms with Crippen molar-refractivity contribution in [3.63, 3.8) is 0 Å². The molecule has 0 radical (unpaired) electrons. The van der Waals surface area contributed by atoms with Crippen molar-refractivity contribution in [3.05, 3.63) is 11.3 Å². The van der Waals surface area contributed by atoms with Crippen LogP contribution >= 0.6 is 0 Å². The Morgan fingerprint density at radius 1 is 1.36 bits per heavy atom. The lowest BCUT2D eigenvalue weighted by atomic mass is 9.83. The van der Waals surface area contributed by atoms with Gasteiger partial charge in [0.2, 0.25) is 5.91 Å². The predicted molar refractivity (Wildman–Crippen MR) is 73.0 cm³/mol. The van der Waals surface area contributed by atoms with Crippen LogP contribution in [0.4, 0.5) is 19.0 Å². The van der Waals surface area contributed by atoms with Crippen molar-refractivity contribution in [2.75, 3.05) is 11.6 Å². The van der Waals surface area contributed by atoms with Gasteiger partial charge in [0.25, 0.3) is 0 Å². The second-order valence-corrected chi connectivity index (χ2v) is 7.84. The topological polar surface area (TPSA) is 81.1 Å². The largest absolute Gasteiger partial charge is 0.435 e. The molecule has 1 fully saturated rings. The average Bonchev–Trinajstić information content (AvgIpc) is 2.52. The zero-order valence-corrected chi connectivity index (χ0v) is 13.1. The van der Waals surface area contributed by atoms with Gasteiger partial charge in [-0.2, -0.15) is 18.3 Å². The molecule has 124 valence electrons. The van der Waals surface area contributed by atoms with Gasteiger partial charge in [0.15, 0.2) is 20.3 Å². The third-order valence-corrected chi connectivity index (χ3v) is 6.08. The number of carbonyl (C=O) groups excluding carboxylic acids is 1. The summed E-state index contributed by atoms with van der Waals surface area (Å²) in [6.45, 7) is 1.18. The average molecular weight is 339 g/mol. The molecule has 0 spiro atoms. The normalized spacial score (nSPS) is 17.9. The van der Waals surface area contributed by atoms with E-state index in [1.165, 1.54) is 14.0 Å². The molecule has 1 aliphatic rings. The maximum absolute atomic E-state index is 12.8. The first kappa shape index (κ1) is 16.8. The van der Waals surface area contributed by atoms with Crippen LogP contribution in [-0.4, -0.2) is 35.1 Å². The van der Waals surface area contributed by atoms with Crippen LogP contribution < -0.4 is 5.32 Å². The van der Waals surface area contributed by atoms with Crippen LogP contribution in [0.25, 0.3) is 0 Å². The van der Waals surface area contributed by atoms with E-state index in [-0.39, 0.29) is 24.2 Å². The van der Waals surface area contributed by atoms with Gasteiger partial charge in [-0.1, -0.05) is 0 Å². The number of hydrogen-bond acceptors (Lipinski definition) is 4. The molecular weight excluding hydrogens is 323 g/mol. The molecule has 1 saturated carbocycles. The molecule has 0 saturated heterocycles. The second kappa shape index (κ2) is 4.97. The van der Waals surface area contributed by atoms with Crippen LogP contribution in [0.1, 0.15) is 30.5 Å². The van der Waals surface area contributed by atoms with Gasteiger partial charge < -0.3 is 5.32 Å². The quantitative estimate of drug-likeness (QED) is 0.908. The number of nitrogens with zero attached hydrogens (tertiary/aromatic N) is 2. The van der Waals surface area contributed by atoms with Gasteiger partial charge in [-0.3, -0.25) is 9.48 Å². The Hall–Kier alpha value is -1.58. The van der Waals surface area contributed by atoms with Crippen LogP contribution in [0, 0.1) is 6.92 Å². The smallest absolute Gasteiger partial charge is 0.309 e. The minimum Gasteiger partial charge on any atom is -0.309 e. The Kier molecular flexibility index (Phi) is 3.79. The first-order valence-corrected chi connectivity index (χ1v) is 8.41. The highest BCUT2D eigenvalue weighted by Gasteiger charge is 2.53. The maximum atomic E-state index is 12.8. The lowest BCUT2D eigenvalue weighted by Gasteiger charge is -2.38. The highest BCUT2D eigenvalue weighted by Crippen LogP contribution is 2.41. The van der Waals surface area contributed by atoms with Crippen molar-refractivity contribution in [3.8, 4) is 0 Å². The van der Waals surface area contributed by atoms with Crippen LogP contribution in [0.3, 0.4) is 0 Å². The van der Waals surface area contributed by atoms with Gasteiger partial charge in [0.05, 0.1) is 0 Å². The summed E-state index contributed by atoms with van der Waals surface area (Å²) in [5.74, 6) is -0.951. The van der Waals surface area contributed by atoms with Crippen molar-refractivity contribution >= 4 is 21.6 Å². The van der Waals surface area contributed by atoms with E-state index in [1.54, 1.807) is 0 Å². The number of aryl methyl sites for hydroxylation is 1. The first-order chi connectivity index (χ1) is 9.90. The molecule has 1 N–H and O–H groups in total. The van der Waals surface area contributed by atoms with Crippen molar-refractivity contribution in [1.29, 1.82) is 0 Å². The number of hydrogen-bond donors (Lipinski definition) is 1. The van der Waals surface area contributed by atoms with Crippen LogP contribution in [0.15, 0.2) is 0 Å². The highest BCUT2D eigenvalue weighted by molar-refractivity contribution is 7.93. The SMILES string of the molecule is Cc1c(C(F)(F)F)nn(C)c1NC(=O)C1(S(C)(=O)=O)CCC1. The molecule has 1 aromatic rings. The molecule has 1 aromatic heterocycles. The minimum atomic E-state index is -4.64. The van der Waals surface area contributed by atoms with Crippen molar-refractivity contribution in [1.82, 2.24) is 9.78 Å². The summed E-state index contributed by atoms with van der Waals surface area (Å²) in [5, 5.41) is 5.65. The van der Waals surface area contributed by atoms with E-state index in [0.29, 0.717) is 6.42 Å². The molecule has 0 atom stereocenters. The molecule has 22 heavy (non-hydrogen) atoms. The van der Waals surface area contributed by atoms with Gasteiger partial charge in [-0.05, 0) is 26.2 Å². The lowest BCUT2D eigenvalue weighted by Crippen LogP contribution is -2.54. The molecule has 2 rings (SSSR count). The summed E-state index contributed by atoms with van der Waals surface area (Å²) in [7, 11) is -2.40. The third kappa shape index (κ3) is 2.49. The number of carbonyl (C=O) groups is 1. The second-order valence-electron chi connectivity index (χ2n) is 5.52. The zero-order chi connectivity index (χ0) is 16.9. The fourth-order valence-electron chi connectivity index (χ4n) is 2.56. The molecule has 0 bridgehead atoms. The Balaban J connectivity index is 2.36. The van der Waals surface area contributed by atoms with Gasteiger partial charge in [-0.25, -0.2) is 8.42 Å². The molecule has 6 nitrogen and oxygen atoms in total. The van der Waals surface area contributed by atoms with Crippen LogP contribution in [0.2, 0.25) is 0 Å². The summed E-state index contributed by atoms with van der Waals surface area (Å²) in [5.41, 5.74) is -1.35. The summed E-state index contributed by atoms with van der Waals surface area (Å²) in [6, 6.07) is 0. The van der Waals surface area contributed by atoms with E-state index in [1.807, 2.05) is 0 Å². The van der Waals surface area contributed by atoms with Crippen LogP contribution in [0.5, 0.6) is 0 Å². The molecule has 10 heteroatoms. The number of rotatable bonds is 3. The standard InChI is InChI=1S/C12H16F3N3O3S/c1-7-8(12(13,14)15)17-18(2)9(7)16-10(19)11(5-4-6-11)22(3,20)21/h4-6H2,1-3H3,(H,16,19). The van der Waals surface area contributed by atoms with Crippen molar-refractivity contribution in [2.24, 2.45) is 7.05 Å². The van der Waals surface area contributed by atoms with E-state index in [4.69, 9.17) is 0 Å². The fourth-order valence-corrected chi connectivity index (χ4v) is 3.98. The molecular formula is C12H16F3N3O3S. The van der Waals surface area contributed by atoms with E-state index in [0.717, 1.165) is 10.9 Å². The zero-order valence-electron chi connectivity index (χ0n) is 12.3. The Morgan fingerprint density at radius 2 is 1.91 bits per heavy atom. The van der Waals surface area contributed by atoms with Gasteiger partial charge >= 0.3 is 6.18 Å². The first-order valence-electron chi connectivity index (χ1n) is 6.52. The summed E-state index contributed by atoms with van der Waals surface area (Å²) in [6.07, 6.45) is -2.77. The van der Waals surface area contributed by atoms with E-state index >= 15 is 0 Å². The van der Waals surface area contributed by atoms with E-state index in [2.05, 4.69) is 10.4 Å². The third-order valence-electron chi connectivity index (χ3n) is 4.07. The summed E-state index contributed by atoms with van der Waals surface area (Å²) in [4.78, 5) is 12.3.